The standard InChI is InChI=1S/C48H51ClN8O4S2/c49-36-15-13-34(14-16-36)43-12-5-4-7-35(43)31-54-25-27-55(28-26-54)40-19-21-44-46(29-40)50-33-51-48(44)53-63(60,61)42-20-22-45(47(30-42)57(58)59)52-37(32-62-41-10-2-1-3-11-41)23-24-56-38-8-6-9-39(56)18-17-38/h1-5,7,10-16,19-22,29-30,33,37-39,52H,6,8-9,17-18,23-28,31-32H2,(H,50,51,53)/t37?,38-,39+. The molecule has 0 aliphatic carbocycles. The molecule has 4 heterocycles. The maximum absolute atomic E-state index is 13.9. The first-order chi connectivity index (χ1) is 30.7. The highest BCUT2D eigenvalue weighted by Gasteiger charge is 2.36. The molecule has 12 nitrogen and oxygen atoms in total. The minimum absolute atomic E-state index is 0.0831. The molecule has 3 fully saturated rings. The van der Waals surface area contributed by atoms with Crippen molar-refractivity contribution in [1.82, 2.24) is 19.8 Å². The van der Waals surface area contributed by atoms with Gasteiger partial charge in [0.25, 0.3) is 15.7 Å². The van der Waals surface area contributed by atoms with Crippen LogP contribution in [0.3, 0.4) is 0 Å². The molecule has 1 aromatic heterocycles. The van der Waals surface area contributed by atoms with E-state index in [1.54, 1.807) is 11.8 Å². The number of piperazine rings is 1. The van der Waals surface area contributed by atoms with Crippen LogP contribution in [0.25, 0.3) is 22.0 Å². The summed E-state index contributed by atoms with van der Waals surface area (Å²) in [6, 6.07) is 37.5. The van der Waals surface area contributed by atoms with Gasteiger partial charge in [0.1, 0.15) is 12.0 Å². The Hall–Kier alpha value is -5.25. The van der Waals surface area contributed by atoms with Gasteiger partial charge in [-0.1, -0.05) is 72.6 Å². The largest absolute Gasteiger partial charge is 0.376 e. The Balaban J connectivity index is 0.868. The predicted molar refractivity (Wildman–Crippen MR) is 254 cm³/mol. The first-order valence-electron chi connectivity index (χ1n) is 21.7. The molecule has 63 heavy (non-hydrogen) atoms. The van der Waals surface area contributed by atoms with Gasteiger partial charge in [0.2, 0.25) is 0 Å². The average molecular weight is 904 g/mol. The van der Waals surface area contributed by atoms with Crippen molar-refractivity contribution in [3.05, 3.63) is 142 Å². The number of thioether (sulfide) groups is 1. The summed E-state index contributed by atoms with van der Waals surface area (Å²) in [5, 5.41) is 17.2. The minimum atomic E-state index is -4.27. The van der Waals surface area contributed by atoms with Crippen LogP contribution in [0.1, 0.15) is 44.1 Å². The summed E-state index contributed by atoms with van der Waals surface area (Å²) in [6.07, 6.45) is 8.37. The van der Waals surface area contributed by atoms with E-state index in [1.807, 2.05) is 48.5 Å². The van der Waals surface area contributed by atoms with Crippen LogP contribution < -0.4 is 14.9 Å². The highest BCUT2D eigenvalue weighted by atomic mass is 35.5. The lowest BCUT2D eigenvalue weighted by molar-refractivity contribution is -0.384. The topological polar surface area (TPSA) is 137 Å². The molecule has 9 rings (SSSR count). The smallest absolute Gasteiger partial charge is 0.293 e. The Kier molecular flexibility index (Phi) is 13.1. The molecule has 5 aromatic carbocycles. The van der Waals surface area contributed by atoms with Gasteiger partial charge in [-0.2, -0.15) is 0 Å². The number of nitro groups is 1. The maximum atomic E-state index is 13.9. The molecule has 3 aliphatic heterocycles. The molecule has 0 radical (unpaired) electrons. The predicted octanol–water partition coefficient (Wildman–Crippen LogP) is 9.96. The van der Waals surface area contributed by atoms with E-state index in [0.29, 0.717) is 34.4 Å². The Labute approximate surface area is 378 Å². The molecular weight excluding hydrogens is 852 g/mol. The van der Waals surface area contributed by atoms with Crippen LogP contribution in [0.2, 0.25) is 5.02 Å². The number of hydrogen-bond donors (Lipinski definition) is 2. The monoisotopic (exact) mass is 902 g/mol. The number of benzene rings is 5. The van der Waals surface area contributed by atoms with E-state index >= 15 is 0 Å². The number of nitrogens with one attached hydrogen (secondary N) is 2. The summed E-state index contributed by atoms with van der Waals surface area (Å²) in [5.74, 6) is 0.802. The molecule has 3 atom stereocenters. The van der Waals surface area contributed by atoms with Crippen molar-refractivity contribution in [2.45, 2.75) is 73.0 Å². The van der Waals surface area contributed by atoms with Crippen molar-refractivity contribution in [3.63, 3.8) is 0 Å². The van der Waals surface area contributed by atoms with E-state index in [-0.39, 0.29) is 22.4 Å². The zero-order valence-electron chi connectivity index (χ0n) is 35.0. The molecule has 2 N–H and O–H groups in total. The van der Waals surface area contributed by atoms with E-state index in [0.717, 1.165) is 72.9 Å². The Morgan fingerprint density at radius 2 is 1.59 bits per heavy atom. The second-order valence-corrected chi connectivity index (χ2v) is 19.9. The number of nitrogens with zero attached hydrogens (tertiary/aromatic N) is 6. The summed E-state index contributed by atoms with van der Waals surface area (Å²) < 4.78 is 30.4. The van der Waals surface area contributed by atoms with E-state index in [4.69, 9.17) is 11.6 Å². The van der Waals surface area contributed by atoms with Crippen molar-refractivity contribution in [2.75, 3.05) is 53.4 Å². The fourth-order valence-corrected chi connectivity index (χ4v) is 11.6. The first kappa shape index (κ1) is 43.0. The molecule has 326 valence electrons. The molecule has 3 saturated heterocycles. The highest BCUT2D eigenvalue weighted by molar-refractivity contribution is 7.99. The van der Waals surface area contributed by atoms with Crippen molar-refractivity contribution in [3.8, 4) is 11.1 Å². The number of anilines is 3. The van der Waals surface area contributed by atoms with Gasteiger partial charge in [0.15, 0.2) is 5.82 Å². The van der Waals surface area contributed by atoms with E-state index in [2.05, 4.69) is 83.2 Å². The lowest BCUT2D eigenvalue weighted by atomic mass is 9.99. The van der Waals surface area contributed by atoms with Gasteiger partial charge in [-0.15, -0.1) is 11.8 Å². The molecule has 6 aromatic rings. The number of halogens is 1. The fraction of sp³-hybridized carbons (Fsp3) is 0.333. The fourth-order valence-electron chi connectivity index (χ4n) is 9.46. The number of rotatable bonds is 16. The van der Waals surface area contributed by atoms with Gasteiger partial charge in [0, 0.05) is 90.2 Å². The highest BCUT2D eigenvalue weighted by Crippen LogP contribution is 2.37. The Bertz CT molecular complexity index is 2650. The molecule has 0 spiro atoms. The molecule has 15 heteroatoms. The van der Waals surface area contributed by atoms with Gasteiger partial charge >= 0.3 is 0 Å². The first-order valence-corrected chi connectivity index (χ1v) is 24.6. The van der Waals surface area contributed by atoms with Crippen LogP contribution in [-0.2, 0) is 16.6 Å². The molecule has 1 unspecified atom stereocenters. The van der Waals surface area contributed by atoms with Crippen molar-refractivity contribution < 1.29 is 13.3 Å². The van der Waals surface area contributed by atoms with Gasteiger partial charge < -0.3 is 10.2 Å². The van der Waals surface area contributed by atoms with Crippen molar-refractivity contribution >= 4 is 67.2 Å². The van der Waals surface area contributed by atoms with Gasteiger partial charge in [0.05, 0.1) is 15.3 Å². The second-order valence-electron chi connectivity index (χ2n) is 16.7. The van der Waals surface area contributed by atoms with Crippen molar-refractivity contribution in [1.29, 1.82) is 0 Å². The Morgan fingerprint density at radius 1 is 0.841 bits per heavy atom. The zero-order chi connectivity index (χ0) is 43.3. The normalized spacial score (nSPS) is 18.7. The quantitative estimate of drug-likeness (QED) is 0.0546. The molecular formula is C48H51ClN8O4S2. The maximum Gasteiger partial charge on any atom is 0.293 e. The third kappa shape index (κ3) is 10.1. The van der Waals surface area contributed by atoms with E-state index in [9.17, 15) is 18.5 Å². The van der Waals surface area contributed by atoms with Crippen LogP contribution in [0.5, 0.6) is 0 Å². The van der Waals surface area contributed by atoms with Gasteiger partial charge in [-0.25, -0.2) is 18.4 Å². The molecule has 0 saturated carbocycles. The molecule has 2 bridgehead atoms. The summed E-state index contributed by atoms with van der Waals surface area (Å²) in [6.45, 7) is 5.12. The number of hydrogen-bond acceptors (Lipinski definition) is 11. The van der Waals surface area contributed by atoms with Crippen LogP contribution in [0.15, 0.2) is 131 Å². The summed E-state index contributed by atoms with van der Waals surface area (Å²) in [7, 11) is -4.27. The van der Waals surface area contributed by atoms with Crippen LogP contribution >= 0.6 is 23.4 Å². The zero-order valence-corrected chi connectivity index (χ0v) is 37.4. The lowest BCUT2D eigenvalue weighted by Crippen LogP contribution is -2.46. The van der Waals surface area contributed by atoms with Crippen LogP contribution in [0, 0.1) is 10.1 Å². The van der Waals surface area contributed by atoms with Crippen molar-refractivity contribution in [2.24, 2.45) is 0 Å². The van der Waals surface area contributed by atoms with E-state index < -0.39 is 14.9 Å². The number of fused-ring (bicyclic) bond motifs is 3. The lowest BCUT2D eigenvalue weighted by Gasteiger charge is -2.36. The SMILES string of the molecule is O=[N+]([O-])c1cc(S(=O)(=O)Nc2ncnc3cc(N4CCN(Cc5ccccc5-c5ccc(Cl)cc5)CC4)ccc23)ccc1NC(CCN1[C@@H]2CCC[C@H]1CC2)CSc1ccccc1. The number of nitro benzene ring substituents is 1. The third-order valence-electron chi connectivity index (χ3n) is 12.8. The second kappa shape index (κ2) is 19.2. The Morgan fingerprint density at radius 3 is 2.35 bits per heavy atom. The van der Waals surface area contributed by atoms with Gasteiger partial charge in [-0.3, -0.25) is 24.6 Å². The minimum Gasteiger partial charge on any atom is -0.376 e. The van der Waals surface area contributed by atoms with E-state index in [1.165, 1.54) is 61.7 Å². The third-order valence-corrected chi connectivity index (χ3v) is 15.5. The number of aromatic nitrogens is 2. The number of sulfonamides is 1. The molecule has 3 aliphatic rings. The summed E-state index contributed by atoms with van der Waals surface area (Å²) in [5.41, 5.74) is 5.17. The van der Waals surface area contributed by atoms with Gasteiger partial charge in [-0.05, 0) is 103 Å². The summed E-state index contributed by atoms with van der Waals surface area (Å²) in [4.78, 5) is 29.1. The molecule has 0 amide bonds. The van der Waals surface area contributed by atoms with Crippen LogP contribution in [-0.4, -0.2) is 89.7 Å². The summed E-state index contributed by atoms with van der Waals surface area (Å²) >= 11 is 7.86. The number of piperidine rings is 1. The van der Waals surface area contributed by atoms with Crippen LogP contribution in [0.4, 0.5) is 22.9 Å². The average Bonchev–Trinajstić information content (AvgIpc) is 3.52.